The van der Waals surface area contributed by atoms with Crippen molar-refractivity contribution in [1.82, 2.24) is 5.32 Å². The van der Waals surface area contributed by atoms with Crippen LogP contribution in [0, 0.1) is 10.1 Å². The first-order valence-electron chi connectivity index (χ1n) is 6.43. The molecule has 0 bridgehead atoms. The summed E-state index contributed by atoms with van der Waals surface area (Å²) < 4.78 is 5.45. The molecule has 0 heterocycles. The number of nitro groups is 1. The number of ether oxygens (including phenoxy) is 1. The number of rotatable bonds is 9. The molecular weight excluding hydrogens is 262 g/mol. The van der Waals surface area contributed by atoms with Crippen LogP contribution in [-0.2, 0) is 11.3 Å². The molecule has 0 atom stereocenters. The highest BCUT2D eigenvalue weighted by atomic mass is 16.6. The number of hydrogen-bond donors (Lipinski definition) is 2. The number of nitrogens with two attached hydrogens (primary N) is 1. The summed E-state index contributed by atoms with van der Waals surface area (Å²) in [6.45, 7) is 3.48. The van der Waals surface area contributed by atoms with Gasteiger partial charge >= 0.3 is 0 Å². The summed E-state index contributed by atoms with van der Waals surface area (Å²) >= 11 is 0. The van der Waals surface area contributed by atoms with Gasteiger partial charge in [-0.25, -0.2) is 0 Å². The minimum absolute atomic E-state index is 0.0144. The normalized spacial score (nSPS) is 10.2. The van der Waals surface area contributed by atoms with Crippen LogP contribution >= 0.6 is 0 Å². The zero-order valence-electron chi connectivity index (χ0n) is 11.4. The molecule has 0 radical (unpaired) electrons. The monoisotopic (exact) mass is 281 g/mol. The Labute approximate surface area is 117 Å². The second-order valence-electron chi connectivity index (χ2n) is 4.29. The lowest BCUT2D eigenvalue weighted by atomic mass is 10.1. The first-order valence-corrected chi connectivity index (χ1v) is 6.43. The van der Waals surface area contributed by atoms with E-state index in [-0.39, 0.29) is 18.7 Å². The summed E-state index contributed by atoms with van der Waals surface area (Å²) in [5, 5.41) is 13.9. The lowest BCUT2D eigenvalue weighted by Gasteiger charge is -2.11. The molecule has 20 heavy (non-hydrogen) atoms. The van der Waals surface area contributed by atoms with Gasteiger partial charge in [0.05, 0.1) is 18.0 Å². The highest BCUT2D eigenvalue weighted by molar-refractivity contribution is 5.73. The molecule has 0 aliphatic carbocycles. The number of carbonyl (C=O) groups is 1. The smallest absolute Gasteiger partial charge is 0.270 e. The van der Waals surface area contributed by atoms with Crippen LogP contribution in [0.5, 0.6) is 5.75 Å². The third-order valence-electron chi connectivity index (χ3n) is 2.60. The summed E-state index contributed by atoms with van der Waals surface area (Å²) in [6.07, 6.45) is 1.08. The average molecular weight is 281 g/mol. The quantitative estimate of drug-likeness (QED) is 0.403. The van der Waals surface area contributed by atoms with Gasteiger partial charge in [-0.05, 0) is 19.0 Å². The third kappa shape index (κ3) is 5.23. The number of hydrogen-bond acceptors (Lipinski definition) is 5. The van der Waals surface area contributed by atoms with Crippen molar-refractivity contribution >= 4 is 11.6 Å². The van der Waals surface area contributed by atoms with E-state index in [1.165, 1.54) is 12.1 Å². The fraction of sp³-hybridized carbons (Fsp3) is 0.462. The summed E-state index contributed by atoms with van der Waals surface area (Å²) in [4.78, 5) is 21.0. The Balaban J connectivity index is 2.78. The van der Waals surface area contributed by atoms with Crippen molar-refractivity contribution in [2.45, 2.75) is 26.3 Å². The van der Waals surface area contributed by atoms with Crippen LogP contribution in [-0.4, -0.2) is 24.0 Å². The fourth-order valence-electron chi connectivity index (χ4n) is 1.62. The van der Waals surface area contributed by atoms with Crippen LogP contribution in [0.3, 0.4) is 0 Å². The molecule has 0 aliphatic rings. The zero-order chi connectivity index (χ0) is 15.0. The maximum atomic E-state index is 10.8. The number of primary amides is 1. The highest BCUT2D eigenvalue weighted by Gasteiger charge is 2.11. The van der Waals surface area contributed by atoms with Gasteiger partial charge in [0.2, 0.25) is 5.91 Å². The molecule has 1 rings (SSSR count). The molecule has 0 fully saturated rings. The van der Waals surface area contributed by atoms with E-state index in [4.69, 9.17) is 10.5 Å². The molecule has 1 amide bonds. The molecular formula is C13H19N3O4. The van der Waals surface area contributed by atoms with E-state index in [2.05, 4.69) is 5.32 Å². The molecule has 110 valence electrons. The van der Waals surface area contributed by atoms with E-state index < -0.39 is 10.8 Å². The van der Waals surface area contributed by atoms with E-state index in [0.717, 1.165) is 13.0 Å². The Morgan fingerprint density at radius 3 is 2.85 bits per heavy atom. The number of amides is 1. The Kier molecular flexibility index (Phi) is 6.45. The van der Waals surface area contributed by atoms with Crippen molar-refractivity contribution < 1.29 is 14.5 Å². The predicted molar refractivity (Wildman–Crippen MR) is 74.4 cm³/mol. The van der Waals surface area contributed by atoms with Crippen LogP contribution < -0.4 is 15.8 Å². The Morgan fingerprint density at radius 2 is 2.25 bits per heavy atom. The van der Waals surface area contributed by atoms with Gasteiger partial charge in [0.1, 0.15) is 5.75 Å². The standard InChI is InChI=1S/C13H19N3O4/c1-2-6-15-9-10-8-11(16(18)19)3-4-12(10)20-7-5-13(14)17/h3-4,8,15H,2,5-7,9H2,1H3,(H2,14,17). The summed E-state index contributed by atoms with van der Waals surface area (Å²) in [7, 11) is 0. The van der Waals surface area contributed by atoms with Crippen LogP contribution in [0.2, 0.25) is 0 Å². The second kappa shape index (κ2) is 8.11. The molecule has 1 aromatic rings. The molecule has 0 spiro atoms. The van der Waals surface area contributed by atoms with Crippen LogP contribution in [0.1, 0.15) is 25.3 Å². The van der Waals surface area contributed by atoms with E-state index >= 15 is 0 Å². The Hall–Kier alpha value is -2.15. The van der Waals surface area contributed by atoms with Gasteiger partial charge in [0.25, 0.3) is 5.69 Å². The Morgan fingerprint density at radius 1 is 1.50 bits per heavy atom. The van der Waals surface area contributed by atoms with Gasteiger partial charge in [-0.3, -0.25) is 14.9 Å². The largest absolute Gasteiger partial charge is 0.493 e. The van der Waals surface area contributed by atoms with Gasteiger partial charge < -0.3 is 15.8 Å². The number of benzene rings is 1. The molecule has 3 N–H and O–H groups in total. The Bertz CT molecular complexity index is 477. The predicted octanol–water partition coefficient (Wildman–Crippen LogP) is 1.35. The van der Waals surface area contributed by atoms with Gasteiger partial charge in [-0.2, -0.15) is 0 Å². The maximum Gasteiger partial charge on any atom is 0.270 e. The van der Waals surface area contributed by atoms with Crippen molar-refractivity contribution in [3.63, 3.8) is 0 Å². The van der Waals surface area contributed by atoms with Crippen molar-refractivity contribution in [1.29, 1.82) is 0 Å². The second-order valence-corrected chi connectivity index (χ2v) is 4.29. The number of non-ortho nitro benzene ring substituents is 1. The first kappa shape index (κ1) is 15.9. The molecule has 1 aromatic carbocycles. The summed E-state index contributed by atoms with van der Waals surface area (Å²) in [5.41, 5.74) is 5.74. The SMILES string of the molecule is CCCNCc1cc([N+](=O)[O-])ccc1OCCC(N)=O. The molecule has 0 saturated carbocycles. The molecule has 0 aliphatic heterocycles. The van der Waals surface area contributed by atoms with Gasteiger partial charge in [0.15, 0.2) is 0 Å². The topological polar surface area (TPSA) is 107 Å². The first-order chi connectivity index (χ1) is 9.54. The lowest BCUT2D eigenvalue weighted by molar-refractivity contribution is -0.384. The summed E-state index contributed by atoms with van der Waals surface area (Å²) in [6, 6.07) is 4.40. The van der Waals surface area contributed by atoms with Gasteiger partial charge in [-0.1, -0.05) is 6.92 Å². The van der Waals surface area contributed by atoms with E-state index in [9.17, 15) is 14.9 Å². The van der Waals surface area contributed by atoms with Crippen molar-refractivity contribution in [3.8, 4) is 5.75 Å². The van der Waals surface area contributed by atoms with Gasteiger partial charge in [-0.15, -0.1) is 0 Å². The van der Waals surface area contributed by atoms with Crippen molar-refractivity contribution in [2.24, 2.45) is 5.73 Å². The lowest BCUT2D eigenvalue weighted by Crippen LogP contribution is -2.17. The van der Waals surface area contributed by atoms with Crippen molar-refractivity contribution in [2.75, 3.05) is 13.2 Å². The third-order valence-corrected chi connectivity index (χ3v) is 2.60. The summed E-state index contributed by atoms with van der Waals surface area (Å²) in [5.74, 6) is 0.0815. The zero-order valence-corrected chi connectivity index (χ0v) is 11.4. The average Bonchev–Trinajstić information content (AvgIpc) is 2.39. The molecule has 7 heteroatoms. The molecule has 7 nitrogen and oxygen atoms in total. The van der Waals surface area contributed by atoms with Gasteiger partial charge in [0, 0.05) is 24.2 Å². The van der Waals surface area contributed by atoms with Crippen LogP contribution in [0.25, 0.3) is 0 Å². The highest BCUT2D eigenvalue weighted by Crippen LogP contribution is 2.24. The maximum absolute atomic E-state index is 10.8. The van der Waals surface area contributed by atoms with E-state index in [1.807, 2.05) is 6.92 Å². The van der Waals surface area contributed by atoms with E-state index in [0.29, 0.717) is 17.9 Å². The minimum Gasteiger partial charge on any atom is -0.493 e. The number of nitro benzene ring substituents is 1. The van der Waals surface area contributed by atoms with Crippen molar-refractivity contribution in [3.05, 3.63) is 33.9 Å². The minimum atomic E-state index is -0.448. The number of nitrogens with one attached hydrogen (secondary N) is 1. The molecule has 0 unspecified atom stereocenters. The van der Waals surface area contributed by atoms with Crippen LogP contribution in [0.15, 0.2) is 18.2 Å². The number of nitrogens with zero attached hydrogens (tertiary/aromatic N) is 1. The van der Waals surface area contributed by atoms with E-state index in [1.54, 1.807) is 6.07 Å². The molecule has 0 saturated heterocycles. The molecule has 0 aromatic heterocycles. The van der Waals surface area contributed by atoms with Crippen LogP contribution in [0.4, 0.5) is 5.69 Å². The fourth-order valence-corrected chi connectivity index (χ4v) is 1.62. The number of carbonyl (C=O) groups excluding carboxylic acids is 1.